The van der Waals surface area contributed by atoms with Crippen molar-refractivity contribution in [3.05, 3.63) is 191 Å². The van der Waals surface area contributed by atoms with Crippen LogP contribution in [-0.4, -0.2) is 34.6 Å². The Labute approximate surface area is 382 Å². The third-order valence-corrected chi connectivity index (χ3v) is 12.1. The van der Waals surface area contributed by atoms with Gasteiger partial charge in [0.25, 0.3) is 21.8 Å². The van der Waals surface area contributed by atoms with E-state index in [0.29, 0.717) is 17.5 Å². The van der Waals surface area contributed by atoms with E-state index in [4.69, 9.17) is 5.14 Å². The standard InChI is InChI=1S/C31H34N2O4S.C21H16N2O3S/c1-2-3-4-5-6-7-11-18-30(34)33-38(36,37)29-17-13-12-16-28(29)32-31(35)27-23-21-26(22-24-27)20-19-25-14-9-8-10-15-25;22-27(25,26)20-9-5-4-8-19(20)23-21(24)18-14-12-17(13-15-18)11-10-16-6-2-1-3-7-16/h8-10,12-17,21-24H,2-7,11,18H2,1H3,(H,32,35)(H,33,34);1-9,12-15H,(H,23,24)(H2,22,25,26). The minimum atomic E-state index is -4.15. The van der Waals surface area contributed by atoms with E-state index in [2.05, 4.69) is 46.0 Å². The number of hydrogen-bond acceptors (Lipinski definition) is 7. The van der Waals surface area contributed by atoms with Gasteiger partial charge in [-0.25, -0.2) is 26.7 Å². The van der Waals surface area contributed by atoms with Crippen LogP contribution in [0.4, 0.5) is 11.4 Å². The maximum absolute atomic E-state index is 12.9. The maximum Gasteiger partial charge on any atom is 0.266 e. The summed E-state index contributed by atoms with van der Waals surface area (Å²) < 4.78 is 51.2. The van der Waals surface area contributed by atoms with Gasteiger partial charge in [0.05, 0.1) is 11.4 Å². The number of rotatable bonds is 15. The molecule has 0 unspecified atom stereocenters. The van der Waals surface area contributed by atoms with Crippen LogP contribution >= 0.6 is 0 Å². The molecule has 0 saturated heterocycles. The number of carbonyl (C=O) groups is 3. The molecule has 0 bridgehead atoms. The van der Waals surface area contributed by atoms with Gasteiger partial charge in [-0.05, 0) is 103 Å². The van der Waals surface area contributed by atoms with Crippen LogP contribution in [0.5, 0.6) is 0 Å². The van der Waals surface area contributed by atoms with E-state index in [9.17, 15) is 31.2 Å². The zero-order valence-corrected chi connectivity index (χ0v) is 37.6. The lowest BCUT2D eigenvalue weighted by molar-refractivity contribution is -0.119. The number of hydrogen-bond donors (Lipinski definition) is 4. The molecule has 13 heteroatoms. The predicted molar refractivity (Wildman–Crippen MR) is 256 cm³/mol. The lowest BCUT2D eigenvalue weighted by Gasteiger charge is -2.13. The van der Waals surface area contributed by atoms with Crippen molar-refractivity contribution in [3.8, 4) is 23.7 Å². The summed E-state index contributed by atoms with van der Waals surface area (Å²) in [6.07, 6.45) is 7.41. The topological polar surface area (TPSA) is 182 Å². The molecule has 0 aliphatic carbocycles. The van der Waals surface area contributed by atoms with E-state index in [1.807, 2.05) is 60.7 Å². The molecular weight excluding hydrogens is 857 g/mol. The first kappa shape index (κ1) is 48.7. The van der Waals surface area contributed by atoms with Gasteiger partial charge in [-0.3, -0.25) is 14.4 Å². The van der Waals surface area contributed by atoms with E-state index >= 15 is 0 Å². The van der Waals surface area contributed by atoms with Gasteiger partial charge in [-0.15, -0.1) is 0 Å². The van der Waals surface area contributed by atoms with Crippen LogP contribution in [0.1, 0.15) is 101 Å². The third-order valence-electron chi connectivity index (χ3n) is 9.67. The summed E-state index contributed by atoms with van der Waals surface area (Å²) in [5, 5.41) is 10.4. The zero-order chi connectivity index (χ0) is 46.5. The van der Waals surface area contributed by atoms with Crippen molar-refractivity contribution in [2.75, 3.05) is 10.6 Å². The second kappa shape index (κ2) is 24.5. The summed E-state index contributed by atoms with van der Waals surface area (Å²) in [7, 11) is -8.08. The molecular formula is C52H50N4O7S2. The lowest BCUT2D eigenvalue weighted by Crippen LogP contribution is -2.31. The highest BCUT2D eigenvalue weighted by Gasteiger charge is 2.22. The Morgan fingerprint density at radius 1 is 0.462 bits per heavy atom. The molecule has 3 amide bonds. The summed E-state index contributed by atoms with van der Waals surface area (Å²) in [5.74, 6) is 10.7. The fourth-order valence-corrected chi connectivity index (χ4v) is 8.12. The van der Waals surface area contributed by atoms with Crippen molar-refractivity contribution >= 4 is 49.1 Å². The Bertz CT molecular complexity index is 2900. The van der Waals surface area contributed by atoms with Gasteiger partial charge in [0.1, 0.15) is 9.79 Å². The average Bonchev–Trinajstić information content (AvgIpc) is 3.31. The molecule has 5 N–H and O–H groups in total. The van der Waals surface area contributed by atoms with Crippen LogP contribution in [0.25, 0.3) is 0 Å². The van der Waals surface area contributed by atoms with Gasteiger partial charge >= 0.3 is 0 Å². The van der Waals surface area contributed by atoms with Gasteiger partial charge in [0.2, 0.25) is 15.9 Å². The summed E-state index contributed by atoms with van der Waals surface area (Å²) in [5.41, 5.74) is 4.27. The number of nitrogens with two attached hydrogens (primary N) is 1. The van der Waals surface area contributed by atoms with Crippen LogP contribution in [0.2, 0.25) is 0 Å². The molecule has 332 valence electrons. The summed E-state index contributed by atoms with van der Waals surface area (Å²) in [6.45, 7) is 2.16. The first-order chi connectivity index (χ1) is 31.3. The van der Waals surface area contributed by atoms with Gasteiger partial charge in [-0.1, -0.05) is 130 Å². The van der Waals surface area contributed by atoms with E-state index in [1.165, 1.54) is 49.6 Å². The number of nitrogens with one attached hydrogen (secondary N) is 3. The number of sulfonamides is 2. The highest BCUT2D eigenvalue weighted by atomic mass is 32.2. The lowest BCUT2D eigenvalue weighted by atomic mass is 10.1. The van der Waals surface area contributed by atoms with Gasteiger partial charge in [-0.2, -0.15) is 0 Å². The molecule has 0 fully saturated rings. The number of anilines is 2. The van der Waals surface area contributed by atoms with Crippen LogP contribution in [0.3, 0.4) is 0 Å². The van der Waals surface area contributed by atoms with Crippen LogP contribution in [0.15, 0.2) is 168 Å². The Hall–Kier alpha value is -7.29. The van der Waals surface area contributed by atoms with E-state index in [1.54, 1.807) is 66.7 Å². The summed E-state index contributed by atoms with van der Waals surface area (Å²) >= 11 is 0. The highest BCUT2D eigenvalue weighted by Crippen LogP contribution is 2.23. The van der Waals surface area contributed by atoms with Gasteiger partial charge < -0.3 is 10.6 Å². The molecule has 11 nitrogen and oxygen atoms in total. The summed E-state index contributed by atoms with van der Waals surface area (Å²) in [6, 6.07) is 44.6. The Morgan fingerprint density at radius 2 is 0.831 bits per heavy atom. The largest absolute Gasteiger partial charge is 0.321 e. The van der Waals surface area contributed by atoms with E-state index in [0.717, 1.165) is 41.5 Å². The van der Waals surface area contributed by atoms with Crippen molar-refractivity contribution in [2.45, 2.75) is 68.1 Å². The normalized spacial score (nSPS) is 10.7. The van der Waals surface area contributed by atoms with Crippen molar-refractivity contribution in [1.29, 1.82) is 0 Å². The fraction of sp³-hybridized carbons (Fsp3) is 0.173. The monoisotopic (exact) mass is 906 g/mol. The Kier molecular flexibility index (Phi) is 18.4. The molecule has 6 aromatic carbocycles. The molecule has 6 aromatic rings. The molecule has 0 aromatic heterocycles. The molecule has 6 rings (SSSR count). The first-order valence-electron chi connectivity index (χ1n) is 21.1. The molecule has 0 atom stereocenters. The number of amides is 3. The van der Waals surface area contributed by atoms with E-state index in [-0.39, 0.29) is 27.6 Å². The van der Waals surface area contributed by atoms with Crippen LogP contribution in [0, 0.1) is 23.7 Å². The van der Waals surface area contributed by atoms with Crippen LogP contribution < -0.4 is 20.5 Å². The van der Waals surface area contributed by atoms with Gasteiger partial charge in [0.15, 0.2) is 0 Å². The zero-order valence-electron chi connectivity index (χ0n) is 35.9. The number of carbonyl (C=O) groups excluding carboxylic acids is 3. The van der Waals surface area contributed by atoms with Crippen molar-refractivity contribution in [2.24, 2.45) is 5.14 Å². The molecule has 65 heavy (non-hydrogen) atoms. The first-order valence-corrected chi connectivity index (χ1v) is 24.1. The molecule has 0 aliphatic heterocycles. The second-order valence-electron chi connectivity index (χ2n) is 14.7. The molecule has 0 spiro atoms. The van der Waals surface area contributed by atoms with E-state index < -0.39 is 37.8 Å². The predicted octanol–water partition coefficient (Wildman–Crippen LogP) is 9.27. The second-order valence-corrected chi connectivity index (χ2v) is 17.9. The Balaban J connectivity index is 0.000000258. The SMILES string of the molecule is CCCCCCCCCC(=O)NS(=O)(=O)c1ccccc1NC(=O)c1ccc(C#Cc2ccccc2)cc1.NS(=O)(=O)c1ccccc1NC(=O)c1ccc(C#Cc2ccccc2)cc1. The highest BCUT2D eigenvalue weighted by molar-refractivity contribution is 7.90. The number of unbranched alkanes of at least 4 members (excludes halogenated alkanes) is 6. The molecule has 0 aliphatic rings. The maximum atomic E-state index is 12.9. The van der Waals surface area contributed by atoms with Crippen molar-refractivity contribution in [3.63, 3.8) is 0 Å². The molecule has 0 saturated carbocycles. The van der Waals surface area contributed by atoms with Crippen LogP contribution in [-0.2, 0) is 24.8 Å². The van der Waals surface area contributed by atoms with Crippen molar-refractivity contribution < 1.29 is 31.2 Å². The fourth-order valence-electron chi connectivity index (χ4n) is 6.25. The van der Waals surface area contributed by atoms with Crippen molar-refractivity contribution in [1.82, 2.24) is 4.72 Å². The third kappa shape index (κ3) is 16.1. The molecule has 0 radical (unpaired) electrons. The van der Waals surface area contributed by atoms with Gasteiger partial charge in [0, 0.05) is 39.8 Å². The minimum Gasteiger partial charge on any atom is -0.321 e. The minimum absolute atomic E-state index is 0.0988. The number of benzene rings is 6. The smallest absolute Gasteiger partial charge is 0.266 e. The quantitative estimate of drug-likeness (QED) is 0.0585. The average molecular weight is 907 g/mol. The number of primary sulfonamides is 1. The summed E-state index contributed by atoms with van der Waals surface area (Å²) in [4.78, 5) is 37.3. The number of para-hydroxylation sites is 2. The molecule has 0 heterocycles. The Morgan fingerprint density at radius 3 is 1.28 bits per heavy atom.